The zero-order valence-corrected chi connectivity index (χ0v) is 7.04. The predicted molar refractivity (Wildman–Crippen MR) is 37.8 cm³/mol. The third-order valence-electron chi connectivity index (χ3n) is 0.965. The van der Waals surface area contributed by atoms with E-state index in [1.165, 1.54) is 0 Å². The number of alkyl halides is 1. The van der Waals surface area contributed by atoms with Crippen LogP contribution in [0.2, 0.25) is 0 Å². The molecule has 0 saturated carbocycles. The number of rotatable bonds is 3. The highest BCUT2D eigenvalue weighted by molar-refractivity contribution is 9.09. The predicted octanol–water partition coefficient (Wildman–Crippen LogP) is -0.724. The van der Waals surface area contributed by atoms with E-state index >= 15 is 0 Å². The van der Waals surface area contributed by atoms with E-state index in [4.69, 9.17) is 10.2 Å². The molecule has 0 fully saturated rings. The lowest BCUT2D eigenvalue weighted by atomic mass is 10.2. The van der Waals surface area contributed by atoms with E-state index in [0.29, 0.717) is 0 Å². The highest BCUT2D eigenvalue weighted by Gasteiger charge is 2.23. The van der Waals surface area contributed by atoms with Gasteiger partial charge in [-0.05, 0) is 0 Å². The summed E-state index contributed by atoms with van der Waals surface area (Å²) in [6.07, 6.45) is -2.56. The molecular weight excluding hydrogens is 204 g/mol. The lowest BCUT2D eigenvalue weighted by Crippen LogP contribution is -2.35. The first-order chi connectivity index (χ1) is 4.63. The lowest BCUT2D eigenvalue weighted by molar-refractivity contribution is -0.155. The highest BCUT2D eigenvalue weighted by Crippen LogP contribution is 1.98. The quantitative estimate of drug-likeness (QED) is 0.479. The zero-order chi connectivity index (χ0) is 8.15. The number of esters is 1. The van der Waals surface area contributed by atoms with Crippen molar-refractivity contribution in [3.63, 3.8) is 0 Å². The largest absolute Gasteiger partial charge is 0.467 e. The van der Waals surface area contributed by atoms with Gasteiger partial charge in [-0.1, -0.05) is 15.9 Å². The first kappa shape index (κ1) is 9.87. The van der Waals surface area contributed by atoms with Crippen molar-refractivity contribution in [3.05, 3.63) is 0 Å². The molecule has 60 valence electrons. The van der Waals surface area contributed by atoms with E-state index in [-0.39, 0.29) is 5.33 Å². The van der Waals surface area contributed by atoms with E-state index in [2.05, 4.69) is 20.7 Å². The Hall–Kier alpha value is -0.130. The second-order valence-corrected chi connectivity index (χ2v) is 2.34. The number of aliphatic hydroxyl groups is 2. The van der Waals surface area contributed by atoms with Crippen molar-refractivity contribution >= 4 is 21.9 Å². The molecule has 0 spiro atoms. The van der Waals surface area contributed by atoms with Crippen LogP contribution < -0.4 is 0 Å². The maximum Gasteiger partial charge on any atom is 0.337 e. The fourth-order valence-electron chi connectivity index (χ4n) is 0.362. The van der Waals surface area contributed by atoms with Gasteiger partial charge in [-0.2, -0.15) is 0 Å². The molecular formula is C5H9BrO4. The monoisotopic (exact) mass is 212 g/mol. The van der Waals surface area contributed by atoms with Gasteiger partial charge in [0.15, 0.2) is 6.10 Å². The van der Waals surface area contributed by atoms with Gasteiger partial charge in [0.05, 0.1) is 7.11 Å². The Balaban J connectivity index is 3.81. The number of hydrogen-bond donors (Lipinski definition) is 2. The van der Waals surface area contributed by atoms with Gasteiger partial charge in [-0.25, -0.2) is 4.79 Å². The van der Waals surface area contributed by atoms with Crippen molar-refractivity contribution in [2.75, 3.05) is 12.4 Å². The molecule has 0 radical (unpaired) electrons. The van der Waals surface area contributed by atoms with Gasteiger partial charge in [-0.3, -0.25) is 0 Å². The lowest BCUT2D eigenvalue weighted by Gasteiger charge is -2.11. The number of carbonyl (C=O) groups is 1. The Morgan fingerprint density at radius 2 is 2.20 bits per heavy atom. The second-order valence-electron chi connectivity index (χ2n) is 1.69. The Kier molecular flexibility index (Phi) is 4.59. The van der Waals surface area contributed by atoms with Crippen LogP contribution in [-0.2, 0) is 9.53 Å². The van der Waals surface area contributed by atoms with Gasteiger partial charge < -0.3 is 14.9 Å². The fraction of sp³-hybridized carbons (Fsp3) is 0.800. The molecule has 0 aliphatic carbocycles. The maximum absolute atomic E-state index is 10.5. The van der Waals surface area contributed by atoms with E-state index in [1.54, 1.807) is 0 Å². The van der Waals surface area contributed by atoms with Gasteiger partial charge in [0.25, 0.3) is 0 Å². The summed E-state index contributed by atoms with van der Waals surface area (Å²) < 4.78 is 4.17. The van der Waals surface area contributed by atoms with E-state index < -0.39 is 18.2 Å². The maximum atomic E-state index is 10.5. The molecule has 0 aromatic heterocycles. The summed E-state index contributed by atoms with van der Waals surface area (Å²) in [7, 11) is 1.15. The standard InChI is InChI=1S/C5H9BrO4/c1-10-5(9)4(8)3(7)2-6/h3-4,7-8H,2H2,1H3/t3-,4-/m1/s1. The minimum atomic E-state index is -1.45. The van der Waals surface area contributed by atoms with Gasteiger partial charge in [0.2, 0.25) is 0 Å². The average Bonchev–Trinajstić information content (AvgIpc) is 2.00. The van der Waals surface area contributed by atoms with Crippen molar-refractivity contribution in [1.82, 2.24) is 0 Å². The van der Waals surface area contributed by atoms with Crippen molar-refractivity contribution in [2.24, 2.45) is 0 Å². The number of aliphatic hydroxyl groups excluding tert-OH is 2. The van der Waals surface area contributed by atoms with Gasteiger partial charge >= 0.3 is 5.97 Å². The molecule has 0 aromatic rings. The van der Waals surface area contributed by atoms with Gasteiger partial charge in [-0.15, -0.1) is 0 Å². The van der Waals surface area contributed by atoms with Crippen LogP contribution >= 0.6 is 15.9 Å². The minimum absolute atomic E-state index is 0.142. The Labute approximate surface area is 66.9 Å². The summed E-state index contributed by atoms with van der Waals surface area (Å²) in [5.74, 6) is -0.827. The number of methoxy groups -OCH3 is 1. The van der Waals surface area contributed by atoms with Crippen molar-refractivity contribution in [2.45, 2.75) is 12.2 Å². The van der Waals surface area contributed by atoms with Gasteiger partial charge in [0, 0.05) is 5.33 Å². The molecule has 2 atom stereocenters. The third-order valence-corrected chi connectivity index (χ3v) is 1.63. The number of ether oxygens (including phenoxy) is 1. The SMILES string of the molecule is COC(=O)[C@H](O)[C@H](O)CBr. The normalized spacial score (nSPS) is 16.0. The zero-order valence-electron chi connectivity index (χ0n) is 5.45. The topological polar surface area (TPSA) is 66.8 Å². The molecule has 0 unspecified atom stereocenters. The summed E-state index contributed by atoms with van der Waals surface area (Å²) >= 11 is 2.90. The smallest absolute Gasteiger partial charge is 0.337 e. The van der Waals surface area contributed by atoms with Crippen molar-refractivity contribution < 1.29 is 19.7 Å². The molecule has 4 nitrogen and oxygen atoms in total. The Morgan fingerprint density at radius 1 is 1.70 bits per heavy atom. The minimum Gasteiger partial charge on any atom is -0.467 e. The summed E-state index contributed by atoms with van der Waals surface area (Å²) in [4.78, 5) is 10.5. The number of carbonyl (C=O) groups excluding carboxylic acids is 1. The number of halogens is 1. The molecule has 0 saturated heterocycles. The second kappa shape index (κ2) is 4.65. The summed E-state index contributed by atoms with van der Waals surface area (Å²) in [5.41, 5.74) is 0. The Morgan fingerprint density at radius 3 is 2.50 bits per heavy atom. The van der Waals surface area contributed by atoms with Crippen LogP contribution in [0.1, 0.15) is 0 Å². The summed E-state index contributed by atoms with van der Waals surface area (Å²) in [6, 6.07) is 0. The van der Waals surface area contributed by atoms with Crippen LogP contribution in [0.15, 0.2) is 0 Å². The molecule has 0 rings (SSSR count). The number of hydrogen-bond acceptors (Lipinski definition) is 4. The summed E-state index contributed by atoms with van der Waals surface area (Å²) in [6.45, 7) is 0. The van der Waals surface area contributed by atoms with Crippen LogP contribution in [-0.4, -0.2) is 40.8 Å². The Bertz CT molecular complexity index is 116. The molecule has 0 heterocycles. The summed E-state index contributed by atoms with van der Waals surface area (Å²) in [5, 5.41) is 17.8. The van der Waals surface area contributed by atoms with Crippen molar-refractivity contribution in [1.29, 1.82) is 0 Å². The van der Waals surface area contributed by atoms with Crippen molar-refractivity contribution in [3.8, 4) is 0 Å². The molecule has 0 aliphatic heterocycles. The molecule has 2 N–H and O–H groups in total. The first-order valence-corrected chi connectivity index (χ1v) is 3.75. The molecule has 0 bridgehead atoms. The molecule has 0 amide bonds. The van der Waals surface area contributed by atoms with E-state index in [0.717, 1.165) is 7.11 Å². The van der Waals surface area contributed by atoms with Crippen LogP contribution in [0, 0.1) is 0 Å². The molecule has 10 heavy (non-hydrogen) atoms. The third kappa shape index (κ3) is 2.64. The van der Waals surface area contributed by atoms with Crippen LogP contribution in [0.3, 0.4) is 0 Å². The molecule has 0 aromatic carbocycles. The van der Waals surface area contributed by atoms with Crippen LogP contribution in [0.5, 0.6) is 0 Å². The van der Waals surface area contributed by atoms with Crippen LogP contribution in [0.25, 0.3) is 0 Å². The average molecular weight is 213 g/mol. The first-order valence-electron chi connectivity index (χ1n) is 2.63. The van der Waals surface area contributed by atoms with E-state index in [1.807, 2.05) is 0 Å². The van der Waals surface area contributed by atoms with Gasteiger partial charge in [0.1, 0.15) is 6.10 Å². The molecule has 5 heteroatoms. The van der Waals surface area contributed by atoms with E-state index in [9.17, 15) is 4.79 Å². The van der Waals surface area contributed by atoms with Crippen LogP contribution in [0.4, 0.5) is 0 Å². The fourth-order valence-corrected chi connectivity index (χ4v) is 0.716. The molecule has 0 aliphatic rings. The highest BCUT2D eigenvalue weighted by atomic mass is 79.9.